The van der Waals surface area contributed by atoms with Crippen LogP contribution >= 0.6 is 0 Å². The molecule has 0 saturated carbocycles. The van der Waals surface area contributed by atoms with E-state index in [-0.39, 0.29) is 5.60 Å². The van der Waals surface area contributed by atoms with Gasteiger partial charge in [-0.25, -0.2) is 0 Å². The molecular formula is C9H14N2O2. The van der Waals surface area contributed by atoms with Gasteiger partial charge in [0.15, 0.2) is 0 Å². The fourth-order valence-corrected chi connectivity index (χ4v) is 1.25. The number of hydrogen-bond acceptors (Lipinski definition) is 4. The van der Waals surface area contributed by atoms with Gasteiger partial charge in [-0.2, -0.15) is 4.98 Å². The largest absolute Gasteiger partial charge is 0.441 e. The fraction of sp³-hybridized carbons (Fsp3) is 0.667. The number of nitrogens with one attached hydrogen (secondary N) is 1. The van der Waals surface area contributed by atoms with Crippen molar-refractivity contribution in [2.75, 3.05) is 13.1 Å². The van der Waals surface area contributed by atoms with Crippen molar-refractivity contribution in [3.63, 3.8) is 0 Å². The number of hydrogen-bond donors (Lipinski definition) is 1. The van der Waals surface area contributed by atoms with Gasteiger partial charge in [-0.05, 0) is 20.8 Å². The second-order valence-electron chi connectivity index (χ2n) is 3.78. The van der Waals surface area contributed by atoms with Gasteiger partial charge in [0.1, 0.15) is 11.4 Å². The smallest absolute Gasteiger partial charge is 0.394 e. The van der Waals surface area contributed by atoms with Gasteiger partial charge in [0, 0.05) is 13.1 Å². The molecule has 0 aromatic carbocycles. The predicted molar refractivity (Wildman–Crippen MR) is 47.9 cm³/mol. The first kappa shape index (κ1) is 8.56. The van der Waals surface area contributed by atoms with Gasteiger partial charge >= 0.3 is 6.08 Å². The van der Waals surface area contributed by atoms with Crippen LogP contribution < -0.4 is 10.1 Å². The van der Waals surface area contributed by atoms with Crippen LogP contribution in [0.3, 0.4) is 0 Å². The van der Waals surface area contributed by atoms with E-state index in [1.54, 1.807) is 0 Å². The van der Waals surface area contributed by atoms with Crippen LogP contribution in [0, 0.1) is 13.8 Å². The minimum atomic E-state index is -0.135. The zero-order valence-electron chi connectivity index (χ0n) is 8.18. The maximum absolute atomic E-state index is 5.60. The molecule has 1 aromatic rings. The van der Waals surface area contributed by atoms with E-state index in [1.165, 1.54) is 0 Å². The molecule has 4 nitrogen and oxygen atoms in total. The van der Waals surface area contributed by atoms with Crippen molar-refractivity contribution in [1.82, 2.24) is 10.3 Å². The molecule has 2 rings (SSSR count). The summed E-state index contributed by atoms with van der Waals surface area (Å²) >= 11 is 0. The first-order valence-electron chi connectivity index (χ1n) is 4.43. The van der Waals surface area contributed by atoms with Crippen molar-refractivity contribution in [3.05, 3.63) is 11.5 Å². The molecule has 0 bridgehead atoms. The van der Waals surface area contributed by atoms with E-state index >= 15 is 0 Å². The number of rotatable bonds is 2. The molecule has 2 heterocycles. The average molecular weight is 182 g/mol. The van der Waals surface area contributed by atoms with E-state index < -0.39 is 0 Å². The third-order valence-corrected chi connectivity index (χ3v) is 2.34. The fourth-order valence-electron chi connectivity index (χ4n) is 1.25. The standard InChI is InChI=1S/C9H14N2O2/c1-6-7(2)12-8(11-6)13-9(3)4-10-5-9/h10H,4-5H2,1-3H3. The molecule has 0 unspecified atom stereocenters. The summed E-state index contributed by atoms with van der Waals surface area (Å²) in [5, 5.41) is 3.15. The first-order chi connectivity index (χ1) is 6.09. The molecule has 13 heavy (non-hydrogen) atoms. The van der Waals surface area contributed by atoms with E-state index in [0.717, 1.165) is 24.5 Å². The van der Waals surface area contributed by atoms with Crippen LogP contribution in [0.15, 0.2) is 4.42 Å². The summed E-state index contributed by atoms with van der Waals surface area (Å²) in [5.74, 6) is 0.825. The highest BCUT2D eigenvalue weighted by Crippen LogP contribution is 2.22. The number of ether oxygens (including phenoxy) is 1. The van der Waals surface area contributed by atoms with Crippen LogP contribution in [0.2, 0.25) is 0 Å². The van der Waals surface area contributed by atoms with Crippen molar-refractivity contribution in [2.24, 2.45) is 0 Å². The van der Waals surface area contributed by atoms with E-state index in [4.69, 9.17) is 9.15 Å². The minimum absolute atomic E-state index is 0.135. The molecule has 0 amide bonds. The monoisotopic (exact) mass is 182 g/mol. The lowest BCUT2D eigenvalue weighted by Crippen LogP contribution is -2.61. The highest BCUT2D eigenvalue weighted by molar-refractivity contribution is 5.09. The molecule has 1 fully saturated rings. The first-order valence-corrected chi connectivity index (χ1v) is 4.43. The molecular weight excluding hydrogens is 168 g/mol. The molecule has 4 heteroatoms. The molecule has 72 valence electrons. The average Bonchev–Trinajstić information content (AvgIpc) is 2.28. The predicted octanol–water partition coefficient (Wildman–Crippen LogP) is 1.03. The number of aryl methyl sites for hydroxylation is 2. The molecule has 1 aliphatic heterocycles. The topological polar surface area (TPSA) is 47.3 Å². The van der Waals surface area contributed by atoms with Crippen LogP contribution in [0.25, 0.3) is 0 Å². The summed E-state index contributed by atoms with van der Waals surface area (Å²) in [7, 11) is 0. The normalized spacial score (nSPS) is 19.6. The minimum Gasteiger partial charge on any atom is -0.441 e. The van der Waals surface area contributed by atoms with Crippen LogP contribution in [0.1, 0.15) is 18.4 Å². The Kier molecular flexibility index (Phi) is 1.80. The highest BCUT2D eigenvalue weighted by Gasteiger charge is 2.35. The molecule has 1 aliphatic rings. The van der Waals surface area contributed by atoms with Crippen LogP contribution in [0.5, 0.6) is 6.08 Å². The lowest BCUT2D eigenvalue weighted by atomic mass is 10.0. The van der Waals surface area contributed by atoms with E-state index in [0.29, 0.717) is 6.08 Å². The van der Waals surface area contributed by atoms with E-state index in [2.05, 4.69) is 10.3 Å². The van der Waals surface area contributed by atoms with E-state index in [9.17, 15) is 0 Å². The van der Waals surface area contributed by atoms with E-state index in [1.807, 2.05) is 20.8 Å². The second-order valence-corrected chi connectivity index (χ2v) is 3.78. The molecule has 1 N–H and O–H groups in total. The van der Waals surface area contributed by atoms with Gasteiger partial charge < -0.3 is 14.5 Å². The summed E-state index contributed by atoms with van der Waals surface area (Å²) in [6.45, 7) is 7.54. The summed E-state index contributed by atoms with van der Waals surface area (Å²) < 4.78 is 10.9. The third-order valence-electron chi connectivity index (χ3n) is 2.34. The van der Waals surface area contributed by atoms with Gasteiger partial charge in [0.05, 0.1) is 5.69 Å². The zero-order valence-corrected chi connectivity index (χ0v) is 8.18. The summed E-state index contributed by atoms with van der Waals surface area (Å²) in [4.78, 5) is 4.16. The van der Waals surface area contributed by atoms with Crippen molar-refractivity contribution >= 4 is 0 Å². The highest BCUT2D eigenvalue weighted by atomic mass is 16.6. The number of aromatic nitrogens is 1. The molecule has 0 atom stereocenters. The maximum atomic E-state index is 5.60. The second kappa shape index (κ2) is 2.73. The molecule has 1 saturated heterocycles. The van der Waals surface area contributed by atoms with Gasteiger partial charge in [-0.15, -0.1) is 0 Å². The number of nitrogens with zero attached hydrogens (tertiary/aromatic N) is 1. The van der Waals surface area contributed by atoms with Crippen molar-refractivity contribution < 1.29 is 9.15 Å². The maximum Gasteiger partial charge on any atom is 0.394 e. The number of oxazole rings is 1. The lowest BCUT2D eigenvalue weighted by molar-refractivity contribution is 0.00745. The van der Waals surface area contributed by atoms with Gasteiger partial charge in [-0.3, -0.25) is 0 Å². The Morgan fingerprint density at radius 2 is 2.15 bits per heavy atom. The molecule has 0 spiro atoms. The quantitative estimate of drug-likeness (QED) is 0.742. The Balaban J connectivity index is 2.09. The van der Waals surface area contributed by atoms with Crippen molar-refractivity contribution in [2.45, 2.75) is 26.4 Å². The Hall–Kier alpha value is -1.03. The van der Waals surface area contributed by atoms with Gasteiger partial charge in [0.2, 0.25) is 0 Å². The third kappa shape index (κ3) is 1.54. The molecule has 1 aromatic heterocycles. The molecule has 0 radical (unpaired) electrons. The Morgan fingerprint density at radius 3 is 2.54 bits per heavy atom. The SMILES string of the molecule is Cc1nc(OC2(C)CNC2)oc1C. The summed E-state index contributed by atoms with van der Waals surface area (Å²) in [6, 6.07) is 0. The summed E-state index contributed by atoms with van der Waals surface area (Å²) in [5.41, 5.74) is 0.759. The summed E-state index contributed by atoms with van der Waals surface area (Å²) in [6.07, 6.45) is 0.388. The Labute approximate surface area is 77.3 Å². The zero-order chi connectivity index (χ0) is 9.47. The molecule has 0 aliphatic carbocycles. The Morgan fingerprint density at radius 1 is 1.46 bits per heavy atom. The van der Waals surface area contributed by atoms with Crippen LogP contribution in [-0.4, -0.2) is 23.7 Å². The van der Waals surface area contributed by atoms with Gasteiger partial charge in [-0.1, -0.05) is 0 Å². The van der Waals surface area contributed by atoms with Crippen molar-refractivity contribution in [3.8, 4) is 6.08 Å². The lowest BCUT2D eigenvalue weighted by Gasteiger charge is -2.37. The van der Waals surface area contributed by atoms with Crippen LogP contribution in [0.4, 0.5) is 0 Å². The van der Waals surface area contributed by atoms with Crippen molar-refractivity contribution in [1.29, 1.82) is 0 Å². The van der Waals surface area contributed by atoms with Crippen LogP contribution in [-0.2, 0) is 0 Å². The Bertz CT molecular complexity index is 296. The van der Waals surface area contributed by atoms with Gasteiger partial charge in [0.25, 0.3) is 0 Å².